The molecule has 9 rings (SSSR count). The minimum atomic E-state index is 1.18. The summed E-state index contributed by atoms with van der Waals surface area (Å²) in [5.41, 5.74) is 7.36. The van der Waals surface area contributed by atoms with Crippen molar-refractivity contribution in [3.8, 4) is 11.4 Å². The number of benzene rings is 7. The normalized spacial score (nSPS) is 12.0. The number of hydrogen-bond acceptors (Lipinski definition) is 0. The fourth-order valence-electron chi connectivity index (χ4n) is 6.88. The Hall–Kier alpha value is -5.34. The van der Waals surface area contributed by atoms with Gasteiger partial charge in [0, 0.05) is 49.1 Å². The van der Waals surface area contributed by atoms with E-state index in [1.165, 1.54) is 76.5 Å². The first kappa shape index (κ1) is 21.6. The van der Waals surface area contributed by atoms with Crippen LogP contribution in [-0.4, -0.2) is 9.13 Å². The van der Waals surface area contributed by atoms with Crippen LogP contribution in [0, 0.1) is 0 Å². The standard InChI is InChI=1S/C38H24N2/c1-3-14-26(15-4-1)39-33-22-12-11-21-31(33)34-35-32-24-23-25-13-7-8-18-28(25)36(32)40(27-16-5-2-6-17-27)38(35)30-20-10-9-19-29(30)37(34)39/h1-24H. The number of rotatable bonds is 2. The zero-order valence-electron chi connectivity index (χ0n) is 21.8. The molecule has 40 heavy (non-hydrogen) atoms. The number of hydrogen-bond donors (Lipinski definition) is 0. The van der Waals surface area contributed by atoms with Crippen LogP contribution in [0.1, 0.15) is 0 Å². The Labute approximate surface area is 230 Å². The number of nitrogens with zero attached hydrogens (tertiary/aromatic N) is 2. The van der Waals surface area contributed by atoms with E-state index in [0.29, 0.717) is 0 Å². The van der Waals surface area contributed by atoms with E-state index in [2.05, 4.69) is 155 Å². The van der Waals surface area contributed by atoms with Crippen LogP contribution >= 0.6 is 0 Å². The van der Waals surface area contributed by atoms with Gasteiger partial charge in [-0.05, 0) is 35.7 Å². The maximum Gasteiger partial charge on any atom is 0.0627 e. The second kappa shape index (κ2) is 8.08. The molecule has 2 aromatic heterocycles. The van der Waals surface area contributed by atoms with E-state index >= 15 is 0 Å². The van der Waals surface area contributed by atoms with Crippen LogP contribution in [0.15, 0.2) is 146 Å². The summed E-state index contributed by atoms with van der Waals surface area (Å²) in [5, 5.41) is 10.2. The third kappa shape index (κ3) is 2.77. The first-order chi connectivity index (χ1) is 19.9. The lowest BCUT2D eigenvalue weighted by Crippen LogP contribution is -1.96. The molecule has 0 amide bonds. The van der Waals surface area contributed by atoms with Crippen molar-refractivity contribution in [2.45, 2.75) is 0 Å². The fourth-order valence-corrected chi connectivity index (χ4v) is 6.88. The zero-order chi connectivity index (χ0) is 26.2. The summed E-state index contributed by atoms with van der Waals surface area (Å²) in [5.74, 6) is 0. The largest absolute Gasteiger partial charge is 0.309 e. The molecule has 0 spiro atoms. The van der Waals surface area contributed by atoms with Crippen molar-refractivity contribution in [2.75, 3.05) is 0 Å². The maximum atomic E-state index is 2.50. The van der Waals surface area contributed by atoms with E-state index in [0.717, 1.165) is 0 Å². The second-order valence-corrected chi connectivity index (χ2v) is 10.5. The van der Waals surface area contributed by atoms with Crippen LogP contribution in [0.4, 0.5) is 0 Å². The summed E-state index contributed by atoms with van der Waals surface area (Å²) in [6.07, 6.45) is 0. The molecule has 0 fully saturated rings. The second-order valence-electron chi connectivity index (χ2n) is 10.5. The van der Waals surface area contributed by atoms with Crippen LogP contribution in [0.3, 0.4) is 0 Å². The lowest BCUT2D eigenvalue weighted by Gasteiger charge is -2.13. The highest BCUT2D eigenvalue weighted by molar-refractivity contribution is 6.38. The molecule has 2 nitrogen and oxygen atoms in total. The van der Waals surface area contributed by atoms with Gasteiger partial charge >= 0.3 is 0 Å². The molecular weight excluding hydrogens is 484 g/mol. The van der Waals surface area contributed by atoms with Crippen molar-refractivity contribution in [3.63, 3.8) is 0 Å². The van der Waals surface area contributed by atoms with Gasteiger partial charge in [0.05, 0.1) is 22.1 Å². The first-order valence-corrected chi connectivity index (χ1v) is 13.8. The van der Waals surface area contributed by atoms with Crippen LogP contribution < -0.4 is 0 Å². The Balaban J connectivity index is 1.67. The van der Waals surface area contributed by atoms with E-state index in [1.807, 2.05) is 0 Å². The van der Waals surface area contributed by atoms with Crippen LogP contribution in [-0.2, 0) is 0 Å². The summed E-state index contributed by atoms with van der Waals surface area (Å²) >= 11 is 0. The molecule has 0 saturated heterocycles. The maximum absolute atomic E-state index is 2.50. The summed E-state index contributed by atoms with van der Waals surface area (Å²) in [7, 11) is 0. The molecule has 0 radical (unpaired) electrons. The average Bonchev–Trinajstić information content (AvgIpc) is 3.56. The van der Waals surface area contributed by atoms with Gasteiger partial charge in [0.2, 0.25) is 0 Å². The summed E-state index contributed by atoms with van der Waals surface area (Å²) in [4.78, 5) is 0. The molecule has 0 unspecified atom stereocenters. The molecule has 0 N–H and O–H groups in total. The van der Waals surface area contributed by atoms with Crippen molar-refractivity contribution in [2.24, 2.45) is 0 Å². The van der Waals surface area contributed by atoms with Gasteiger partial charge in [0.25, 0.3) is 0 Å². The molecule has 186 valence electrons. The van der Waals surface area contributed by atoms with Gasteiger partial charge in [-0.1, -0.05) is 115 Å². The third-order valence-electron chi connectivity index (χ3n) is 8.44. The number of para-hydroxylation sites is 3. The highest BCUT2D eigenvalue weighted by Gasteiger charge is 2.24. The van der Waals surface area contributed by atoms with E-state index in [1.54, 1.807) is 0 Å². The molecule has 0 aliphatic heterocycles. The van der Waals surface area contributed by atoms with Crippen molar-refractivity contribution in [1.82, 2.24) is 9.13 Å². The van der Waals surface area contributed by atoms with Gasteiger partial charge < -0.3 is 9.13 Å². The van der Waals surface area contributed by atoms with Crippen molar-refractivity contribution in [3.05, 3.63) is 146 Å². The highest BCUT2D eigenvalue weighted by Crippen LogP contribution is 2.47. The summed E-state index contributed by atoms with van der Waals surface area (Å²) in [6, 6.07) is 52.8. The van der Waals surface area contributed by atoms with Crippen molar-refractivity contribution >= 4 is 65.2 Å². The Kier molecular flexibility index (Phi) is 4.36. The van der Waals surface area contributed by atoms with Crippen LogP contribution in [0.2, 0.25) is 0 Å². The van der Waals surface area contributed by atoms with Gasteiger partial charge in [-0.2, -0.15) is 0 Å². The SMILES string of the molecule is c1ccc(-n2c3ccccc3c3c4c5ccc6ccccc6c5n(-c5ccccc5)c4c4ccccc4c32)cc1. The monoisotopic (exact) mass is 508 g/mol. The molecule has 0 saturated carbocycles. The topological polar surface area (TPSA) is 9.86 Å². The molecule has 2 heteroatoms. The Morgan fingerprint density at radius 1 is 0.300 bits per heavy atom. The van der Waals surface area contributed by atoms with E-state index in [4.69, 9.17) is 0 Å². The van der Waals surface area contributed by atoms with Gasteiger partial charge in [0.15, 0.2) is 0 Å². The van der Waals surface area contributed by atoms with Gasteiger partial charge in [-0.15, -0.1) is 0 Å². The minimum Gasteiger partial charge on any atom is -0.309 e. The van der Waals surface area contributed by atoms with Gasteiger partial charge in [-0.25, -0.2) is 0 Å². The highest BCUT2D eigenvalue weighted by atomic mass is 15.0. The molecule has 7 aromatic carbocycles. The quantitative estimate of drug-likeness (QED) is 0.220. The summed E-state index contributed by atoms with van der Waals surface area (Å²) < 4.78 is 4.96. The molecule has 0 aliphatic carbocycles. The van der Waals surface area contributed by atoms with E-state index < -0.39 is 0 Å². The number of aromatic nitrogens is 2. The summed E-state index contributed by atoms with van der Waals surface area (Å²) in [6.45, 7) is 0. The van der Waals surface area contributed by atoms with Crippen molar-refractivity contribution < 1.29 is 0 Å². The lowest BCUT2D eigenvalue weighted by atomic mass is 9.98. The average molecular weight is 509 g/mol. The Morgan fingerprint density at radius 2 is 0.800 bits per heavy atom. The molecule has 0 aliphatic rings. The number of fused-ring (bicyclic) bond motifs is 12. The predicted molar refractivity (Wildman–Crippen MR) is 170 cm³/mol. The van der Waals surface area contributed by atoms with E-state index in [-0.39, 0.29) is 0 Å². The molecule has 0 atom stereocenters. The van der Waals surface area contributed by atoms with Crippen LogP contribution in [0.25, 0.3) is 76.5 Å². The predicted octanol–water partition coefficient (Wildman–Crippen LogP) is 10.2. The third-order valence-corrected chi connectivity index (χ3v) is 8.44. The first-order valence-electron chi connectivity index (χ1n) is 13.8. The fraction of sp³-hybridized carbons (Fsp3) is 0. The molecule has 2 heterocycles. The van der Waals surface area contributed by atoms with Gasteiger partial charge in [0.1, 0.15) is 0 Å². The molecule has 9 aromatic rings. The lowest BCUT2D eigenvalue weighted by molar-refractivity contribution is 1.18. The smallest absolute Gasteiger partial charge is 0.0627 e. The Morgan fingerprint density at radius 3 is 1.50 bits per heavy atom. The minimum absolute atomic E-state index is 1.18. The van der Waals surface area contributed by atoms with E-state index in [9.17, 15) is 0 Å². The van der Waals surface area contributed by atoms with Gasteiger partial charge in [-0.3, -0.25) is 0 Å². The zero-order valence-corrected chi connectivity index (χ0v) is 21.8. The molecular formula is C38H24N2. The molecule has 0 bridgehead atoms. The van der Waals surface area contributed by atoms with Crippen molar-refractivity contribution in [1.29, 1.82) is 0 Å². The van der Waals surface area contributed by atoms with Crippen LogP contribution in [0.5, 0.6) is 0 Å². The Bertz CT molecular complexity index is 2410.